The van der Waals surface area contributed by atoms with Gasteiger partial charge in [-0.1, -0.05) is 15.9 Å². The van der Waals surface area contributed by atoms with Crippen LogP contribution in [0.1, 0.15) is 0 Å². The zero-order valence-electron chi connectivity index (χ0n) is 5.71. The maximum atomic E-state index is 10.4. The van der Waals surface area contributed by atoms with Crippen LogP contribution in [0.15, 0.2) is 28.7 Å². The largest absolute Gasteiger partial charge is 0.427 e. The zero-order valence-corrected chi connectivity index (χ0v) is 7.30. The fourth-order valence-electron chi connectivity index (χ4n) is 0.634. The number of hydrogen-bond acceptors (Lipinski definition) is 2. The number of carbonyl (C=O) groups excluding carboxylic acids is 1. The molecule has 1 aromatic carbocycles. The second-order valence-electron chi connectivity index (χ2n) is 1.93. The minimum Gasteiger partial charge on any atom is -0.427 e. The van der Waals surface area contributed by atoms with Gasteiger partial charge in [0.1, 0.15) is 5.75 Å². The molecule has 57 valence electrons. The highest BCUT2D eigenvalue weighted by atomic mass is 79.9. The predicted molar refractivity (Wildman–Crippen MR) is 45.1 cm³/mol. The standard InChI is InChI=1S/C8H6BrO2/c1-6(10)11-8-4-2-7(9)3-5-8/h2-5H,1H2. The number of benzene rings is 1. The average Bonchev–Trinajstić information content (AvgIpc) is 1.93. The maximum Gasteiger partial charge on any atom is 0.311 e. The van der Waals surface area contributed by atoms with Crippen LogP contribution in [0.25, 0.3) is 0 Å². The number of halogens is 1. The summed E-state index contributed by atoms with van der Waals surface area (Å²) in [5, 5.41) is 0. The van der Waals surface area contributed by atoms with Crippen molar-refractivity contribution < 1.29 is 9.53 Å². The summed E-state index contributed by atoms with van der Waals surface area (Å²) in [7, 11) is 0. The highest BCUT2D eigenvalue weighted by Crippen LogP contribution is 2.15. The van der Waals surface area contributed by atoms with Gasteiger partial charge in [0.25, 0.3) is 0 Å². The van der Waals surface area contributed by atoms with E-state index in [-0.39, 0.29) is 0 Å². The molecular weight excluding hydrogens is 208 g/mol. The molecule has 0 aliphatic carbocycles. The first-order valence-electron chi connectivity index (χ1n) is 2.98. The van der Waals surface area contributed by atoms with Gasteiger partial charge in [0.2, 0.25) is 0 Å². The summed E-state index contributed by atoms with van der Waals surface area (Å²) in [6.07, 6.45) is 0. The first-order chi connectivity index (χ1) is 5.18. The van der Waals surface area contributed by atoms with Gasteiger partial charge in [0.05, 0.1) is 6.92 Å². The van der Waals surface area contributed by atoms with Crippen LogP contribution >= 0.6 is 15.9 Å². The molecule has 0 spiro atoms. The summed E-state index contributed by atoms with van der Waals surface area (Å²) in [6, 6.07) is 6.96. The quantitative estimate of drug-likeness (QED) is 0.529. The summed E-state index contributed by atoms with van der Waals surface area (Å²) < 4.78 is 5.64. The van der Waals surface area contributed by atoms with Crippen LogP contribution in [0.5, 0.6) is 5.75 Å². The van der Waals surface area contributed by atoms with Crippen molar-refractivity contribution in [2.45, 2.75) is 0 Å². The van der Waals surface area contributed by atoms with Gasteiger partial charge in [0.15, 0.2) is 0 Å². The van der Waals surface area contributed by atoms with E-state index in [0.29, 0.717) is 5.75 Å². The van der Waals surface area contributed by atoms with E-state index in [1.807, 2.05) is 0 Å². The average molecular weight is 214 g/mol. The Morgan fingerprint density at radius 2 is 1.91 bits per heavy atom. The van der Waals surface area contributed by atoms with Crippen molar-refractivity contribution in [3.8, 4) is 5.75 Å². The molecule has 1 aromatic rings. The van der Waals surface area contributed by atoms with E-state index >= 15 is 0 Å². The van der Waals surface area contributed by atoms with Gasteiger partial charge in [0, 0.05) is 4.47 Å². The van der Waals surface area contributed by atoms with Gasteiger partial charge in [-0.2, -0.15) is 0 Å². The molecule has 1 rings (SSSR count). The Morgan fingerprint density at radius 3 is 2.36 bits per heavy atom. The lowest BCUT2D eigenvalue weighted by Gasteiger charge is -1.98. The zero-order chi connectivity index (χ0) is 8.27. The molecular formula is C8H6BrO2. The lowest BCUT2D eigenvalue weighted by Crippen LogP contribution is -2.01. The second kappa shape index (κ2) is 3.53. The highest BCUT2D eigenvalue weighted by molar-refractivity contribution is 9.10. The van der Waals surface area contributed by atoms with Crippen LogP contribution in [0, 0.1) is 6.92 Å². The number of esters is 1. The summed E-state index contributed by atoms with van der Waals surface area (Å²) in [5.74, 6) is -0.0412. The first-order valence-corrected chi connectivity index (χ1v) is 3.77. The van der Waals surface area contributed by atoms with E-state index in [0.717, 1.165) is 4.47 Å². The van der Waals surface area contributed by atoms with Gasteiger partial charge in [-0.15, -0.1) is 0 Å². The van der Waals surface area contributed by atoms with Crippen molar-refractivity contribution in [1.82, 2.24) is 0 Å². The van der Waals surface area contributed by atoms with Gasteiger partial charge in [-0.3, -0.25) is 4.79 Å². The minimum absolute atomic E-state index is 0.508. The molecule has 11 heavy (non-hydrogen) atoms. The Morgan fingerprint density at radius 1 is 1.36 bits per heavy atom. The van der Waals surface area contributed by atoms with E-state index in [2.05, 4.69) is 22.9 Å². The molecule has 0 saturated carbocycles. The molecule has 0 amide bonds. The maximum absolute atomic E-state index is 10.4. The molecule has 1 radical (unpaired) electrons. The van der Waals surface area contributed by atoms with E-state index in [1.54, 1.807) is 24.3 Å². The topological polar surface area (TPSA) is 26.3 Å². The molecule has 0 saturated heterocycles. The third kappa shape index (κ3) is 2.72. The Labute approximate surface area is 73.3 Å². The van der Waals surface area contributed by atoms with Gasteiger partial charge < -0.3 is 4.74 Å². The van der Waals surface area contributed by atoms with E-state index in [9.17, 15) is 4.79 Å². The van der Waals surface area contributed by atoms with Crippen LogP contribution in [-0.4, -0.2) is 5.97 Å². The van der Waals surface area contributed by atoms with E-state index < -0.39 is 5.97 Å². The molecule has 0 unspecified atom stereocenters. The van der Waals surface area contributed by atoms with Crippen molar-refractivity contribution in [3.63, 3.8) is 0 Å². The Balaban J connectivity index is 2.74. The van der Waals surface area contributed by atoms with Crippen molar-refractivity contribution in [1.29, 1.82) is 0 Å². The molecule has 0 aliphatic heterocycles. The number of hydrogen-bond donors (Lipinski definition) is 0. The van der Waals surface area contributed by atoms with Gasteiger partial charge in [-0.05, 0) is 24.3 Å². The minimum atomic E-state index is -0.549. The lowest BCUT2D eigenvalue weighted by molar-refractivity contribution is -0.129. The predicted octanol–water partition coefficient (Wildman–Crippen LogP) is 2.19. The summed E-state index contributed by atoms with van der Waals surface area (Å²) in [5.41, 5.74) is 0. The van der Waals surface area contributed by atoms with Crippen LogP contribution in [0.3, 0.4) is 0 Å². The Kier molecular flexibility index (Phi) is 2.65. The fraction of sp³-hybridized carbons (Fsp3) is 0. The number of rotatable bonds is 1. The van der Waals surface area contributed by atoms with Crippen LogP contribution in [0.2, 0.25) is 0 Å². The summed E-state index contributed by atoms with van der Waals surface area (Å²) in [6.45, 7) is 3.08. The molecule has 0 N–H and O–H groups in total. The third-order valence-electron chi connectivity index (χ3n) is 1.05. The van der Waals surface area contributed by atoms with Crippen LogP contribution in [-0.2, 0) is 4.79 Å². The van der Waals surface area contributed by atoms with Crippen molar-refractivity contribution >= 4 is 21.9 Å². The second-order valence-corrected chi connectivity index (χ2v) is 2.84. The summed E-state index contributed by atoms with van der Waals surface area (Å²) >= 11 is 3.26. The monoisotopic (exact) mass is 213 g/mol. The molecule has 0 fully saturated rings. The van der Waals surface area contributed by atoms with Crippen molar-refractivity contribution in [2.75, 3.05) is 0 Å². The molecule has 3 heteroatoms. The van der Waals surface area contributed by atoms with Crippen LogP contribution < -0.4 is 4.74 Å². The first kappa shape index (κ1) is 8.27. The van der Waals surface area contributed by atoms with E-state index in [1.165, 1.54) is 0 Å². The molecule has 0 heterocycles. The van der Waals surface area contributed by atoms with Crippen LogP contribution in [0.4, 0.5) is 0 Å². The lowest BCUT2D eigenvalue weighted by atomic mass is 10.3. The molecule has 0 aromatic heterocycles. The van der Waals surface area contributed by atoms with Crippen molar-refractivity contribution in [2.24, 2.45) is 0 Å². The smallest absolute Gasteiger partial charge is 0.311 e. The molecule has 2 nitrogen and oxygen atoms in total. The Hall–Kier alpha value is -0.830. The molecule has 0 aliphatic rings. The highest BCUT2D eigenvalue weighted by Gasteiger charge is 1.95. The third-order valence-corrected chi connectivity index (χ3v) is 1.57. The SMILES string of the molecule is [CH2]C(=O)Oc1ccc(Br)cc1. The van der Waals surface area contributed by atoms with E-state index in [4.69, 9.17) is 4.74 Å². The normalized spacial score (nSPS) is 9.27. The number of ether oxygens (including phenoxy) is 1. The van der Waals surface area contributed by atoms with Crippen molar-refractivity contribution in [3.05, 3.63) is 35.7 Å². The Bertz CT molecular complexity index is 253. The molecule has 0 atom stereocenters. The number of carbonyl (C=O) groups is 1. The molecule has 0 bridgehead atoms. The van der Waals surface area contributed by atoms with Gasteiger partial charge >= 0.3 is 5.97 Å². The fourth-order valence-corrected chi connectivity index (χ4v) is 0.898. The van der Waals surface area contributed by atoms with Gasteiger partial charge in [-0.25, -0.2) is 0 Å². The summed E-state index contributed by atoms with van der Waals surface area (Å²) in [4.78, 5) is 10.4.